The first-order valence-electron chi connectivity index (χ1n) is 6.39. The van der Waals surface area contributed by atoms with Crippen molar-refractivity contribution in [3.63, 3.8) is 0 Å². The van der Waals surface area contributed by atoms with Gasteiger partial charge in [0.15, 0.2) is 11.5 Å². The summed E-state index contributed by atoms with van der Waals surface area (Å²) < 4.78 is 16.5. The molecule has 19 heavy (non-hydrogen) atoms. The number of ether oxygens (including phenoxy) is 3. The van der Waals surface area contributed by atoms with Crippen LogP contribution in [0.2, 0.25) is 0 Å². The van der Waals surface area contributed by atoms with Crippen LogP contribution in [-0.4, -0.2) is 31.9 Å². The second-order valence-corrected chi connectivity index (χ2v) is 5.04. The highest BCUT2D eigenvalue weighted by Gasteiger charge is 2.15. The molecule has 0 aromatic heterocycles. The highest BCUT2D eigenvalue weighted by Crippen LogP contribution is 2.29. The highest BCUT2D eigenvalue weighted by atomic mass is 32.1. The molecule has 1 aliphatic heterocycles. The number of benzene rings is 1. The molecule has 1 aromatic rings. The molecular formula is C14H19NO3S. The average Bonchev–Trinajstić information content (AvgIpc) is 2.45. The summed E-state index contributed by atoms with van der Waals surface area (Å²) in [4.78, 5) is 0.356. The zero-order valence-electron chi connectivity index (χ0n) is 11.1. The molecule has 0 aliphatic carbocycles. The van der Waals surface area contributed by atoms with Crippen molar-refractivity contribution in [2.45, 2.75) is 12.8 Å². The minimum atomic E-state index is 0.356. The van der Waals surface area contributed by atoms with Crippen molar-refractivity contribution in [1.82, 2.24) is 0 Å². The van der Waals surface area contributed by atoms with Gasteiger partial charge < -0.3 is 19.9 Å². The number of nitrogens with two attached hydrogens (primary N) is 1. The largest absolute Gasteiger partial charge is 0.493 e. The van der Waals surface area contributed by atoms with Crippen LogP contribution in [0, 0.1) is 5.92 Å². The Labute approximate surface area is 118 Å². The number of hydrogen-bond acceptors (Lipinski definition) is 4. The molecule has 104 valence electrons. The molecule has 2 rings (SSSR count). The Balaban J connectivity index is 2.00. The molecule has 2 N–H and O–H groups in total. The van der Waals surface area contributed by atoms with Crippen LogP contribution in [-0.2, 0) is 4.74 Å². The molecule has 0 radical (unpaired) electrons. The predicted molar refractivity (Wildman–Crippen MR) is 77.9 cm³/mol. The van der Waals surface area contributed by atoms with Gasteiger partial charge in [-0.15, -0.1) is 0 Å². The molecule has 1 aromatic carbocycles. The van der Waals surface area contributed by atoms with Crippen molar-refractivity contribution in [2.24, 2.45) is 11.7 Å². The van der Waals surface area contributed by atoms with Crippen LogP contribution >= 0.6 is 12.2 Å². The predicted octanol–water partition coefficient (Wildman–Crippen LogP) is 2.13. The fourth-order valence-electron chi connectivity index (χ4n) is 2.06. The van der Waals surface area contributed by atoms with E-state index in [4.69, 9.17) is 32.2 Å². The van der Waals surface area contributed by atoms with E-state index in [1.807, 2.05) is 18.2 Å². The Bertz CT molecular complexity index is 444. The Kier molecular flexibility index (Phi) is 4.99. The van der Waals surface area contributed by atoms with E-state index >= 15 is 0 Å². The Morgan fingerprint density at radius 2 is 2.11 bits per heavy atom. The van der Waals surface area contributed by atoms with Gasteiger partial charge in [-0.05, 0) is 37.0 Å². The van der Waals surface area contributed by atoms with Crippen molar-refractivity contribution >= 4 is 17.2 Å². The van der Waals surface area contributed by atoms with Crippen molar-refractivity contribution in [1.29, 1.82) is 0 Å². The van der Waals surface area contributed by atoms with Crippen molar-refractivity contribution < 1.29 is 14.2 Å². The third-order valence-corrected chi connectivity index (χ3v) is 3.50. The van der Waals surface area contributed by atoms with Gasteiger partial charge in [0.25, 0.3) is 0 Å². The quantitative estimate of drug-likeness (QED) is 0.838. The zero-order valence-corrected chi connectivity index (χ0v) is 11.9. The number of hydrogen-bond donors (Lipinski definition) is 1. The molecule has 0 spiro atoms. The second-order valence-electron chi connectivity index (χ2n) is 4.60. The van der Waals surface area contributed by atoms with E-state index in [0.717, 1.165) is 37.4 Å². The van der Waals surface area contributed by atoms with E-state index in [0.29, 0.717) is 23.3 Å². The molecule has 4 nitrogen and oxygen atoms in total. The lowest BCUT2D eigenvalue weighted by Crippen LogP contribution is -2.21. The summed E-state index contributed by atoms with van der Waals surface area (Å²) in [6, 6.07) is 5.51. The summed E-state index contributed by atoms with van der Waals surface area (Å²) in [6.45, 7) is 2.34. The van der Waals surface area contributed by atoms with Crippen LogP contribution in [0.25, 0.3) is 0 Å². The van der Waals surface area contributed by atoms with Crippen LogP contribution in [0.4, 0.5) is 0 Å². The van der Waals surface area contributed by atoms with E-state index < -0.39 is 0 Å². The highest BCUT2D eigenvalue weighted by molar-refractivity contribution is 7.80. The first-order valence-corrected chi connectivity index (χ1v) is 6.80. The van der Waals surface area contributed by atoms with Crippen molar-refractivity contribution in [3.8, 4) is 11.5 Å². The van der Waals surface area contributed by atoms with Gasteiger partial charge in [0, 0.05) is 18.8 Å². The molecule has 1 saturated heterocycles. The normalized spacial score (nSPS) is 16.1. The lowest BCUT2D eigenvalue weighted by molar-refractivity contribution is 0.0493. The first-order chi connectivity index (χ1) is 9.20. The average molecular weight is 281 g/mol. The van der Waals surface area contributed by atoms with E-state index in [2.05, 4.69) is 0 Å². The zero-order chi connectivity index (χ0) is 13.7. The number of thiocarbonyl (C=S) groups is 1. The molecule has 0 bridgehead atoms. The molecule has 5 heteroatoms. The van der Waals surface area contributed by atoms with Gasteiger partial charge in [0.1, 0.15) is 4.99 Å². The summed E-state index contributed by atoms with van der Waals surface area (Å²) >= 11 is 4.95. The topological polar surface area (TPSA) is 53.7 Å². The monoisotopic (exact) mass is 281 g/mol. The molecule has 0 atom stereocenters. The van der Waals surface area contributed by atoms with Gasteiger partial charge in [-0.2, -0.15) is 0 Å². The van der Waals surface area contributed by atoms with Gasteiger partial charge in [-0.3, -0.25) is 0 Å². The molecule has 0 amide bonds. The number of rotatable bonds is 5. The van der Waals surface area contributed by atoms with Crippen LogP contribution in [0.3, 0.4) is 0 Å². The number of methoxy groups -OCH3 is 1. The molecular weight excluding hydrogens is 262 g/mol. The van der Waals surface area contributed by atoms with E-state index in [1.54, 1.807) is 7.11 Å². The van der Waals surface area contributed by atoms with Gasteiger partial charge in [-0.25, -0.2) is 0 Å². The lowest BCUT2D eigenvalue weighted by atomic mass is 10.0. The SMILES string of the molecule is COc1cc(C(N)=S)ccc1OCC1CCOCC1. The summed E-state index contributed by atoms with van der Waals surface area (Å²) in [5, 5.41) is 0. The molecule has 1 aliphatic rings. The third kappa shape index (κ3) is 3.81. The van der Waals surface area contributed by atoms with Crippen LogP contribution in [0.5, 0.6) is 11.5 Å². The van der Waals surface area contributed by atoms with Crippen LogP contribution in [0.15, 0.2) is 18.2 Å². The van der Waals surface area contributed by atoms with Gasteiger partial charge >= 0.3 is 0 Å². The van der Waals surface area contributed by atoms with Gasteiger partial charge in [-0.1, -0.05) is 12.2 Å². The smallest absolute Gasteiger partial charge is 0.161 e. The maximum absolute atomic E-state index is 5.84. The Morgan fingerprint density at radius 3 is 2.74 bits per heavy atom. The maximum Gasteiger partial charge on any atom is 0.161 e. The molecule has 0 saturated carbocycles. The van der Waals surface area contributed by atoms with Gasteiger partial charge in [0.05, 0.1) is 13.7 Å². The summed E-state index contributed by atoms with van der Waals surface area (Å²) in [5.74, 6) is 1.94. The molecule has 1 fully saturated rings. The molecule has 1 heterocycles. The minimum absolute atomic E-state index is 0.356. The van der Waals surface area contributed by atoms with E-state index in [9.17, 15) is 0 Å². The minimum Gasteiger partial charge on any atom is -0.493 e. The van der Waals surface area contributed by atoms with Gasteiger partial charge in [0.2, 0.25) is 0 Å². The van der Waals surface area contributed by atoms with Crippen molar-refractivity contribution in [2.75, 3.05) is 26.9 Å². The summed E-state index contributed by atoms with van der Waals surface area (Å²) in [6.07, 6.45) is 2.10. The van der Waals surface area contributed by atoms with Crippen LogP contribution < -0.4 is 15.2 Å². The first kappa shape index (κ1) is 14.1. The second kappa shape index (κ2) is 6.73. The summed E-state index contributed by atoms with van der Waals surface area (Å²) in [5.41, 5.74) is 6.38. The van der Waals surface area contributed by atoms with E-state index in [-0.39, 0.29) is 0 Å². The van der Waals surface area contributed by atoms with Crippen molar-refractivity contribution in [3.05, 3.63) is 23.8 Å². The van der Waals surface area contributed by atoms with E-state index in [1.165, 1.54) is 0 Å². The molecule has 0 unspecified atom stereocenters. The fourth-order valence-corrected chi connectivity index (χ4v) is 2.19. The standard InChI is InChI=1S/C14H19NO3S/c1-16-13-8-11(14(15)19)2-3-12(13)18-9-10-4-6-17-7-5-10/h2-3,8,10H,4-7,9H2,1H3,(H2,15,19). The maximum atomic E-state index is 5.84. The van der Waals surface area contributed by atoms with Crippen LogP contribution in [0.1, 0.15) is 18.4 Å². The Hall–Kier alpha value is -1.33. The Morgan fingerprint density at radius 1 is 1.37 bits per heavy atom. The fraction of sp³-hybridized carbons (Fsp3) is 0.500. The third-order valence-electron chi connectivity index (χ3n) is 3.26. The lowest BCUT2D eigenvalue weighted by Gasteiger charge is -2.22. The summed E-state index contributed by atoms with van der Waals surface area (Å²) in [7, 11) is 1.61.